The van der Waals surface area contributed by atoms with Crippen molar-refractivity contribution in [3.8, 4) is 34.5 Å². The summed E-state index contributed by atoms with van der Waals surface area (Å²) in [5.74, 6) is 3.92. The summed E-state index contributed by atoms with van der Waals surface area (Å²) in [5.41, 5.74) is 2.04. The smallest absolute Gasteiger partial charge is 0.203 e. The number of hydrogen-bond acceptors (Lipinski definition) is 7. The molecule has 0 spiro atoms. The Hall–Kier alpha value is -2.80. The highest BCUT2D eigenvalue weighted by atomic mass is 16.5. The maximum Gasteiger partial charge on any atom is 0.203 e. The van der Waals surface area contributed by atoms with Crippen LogP contribution in [0.4, 0.5) is 0 Å². The molecule has 39 heavy (non-hydrogen) atoms. The lowest BCUT2D eigenvalue weighted by molar-refractivity contribution is 0.0434. The first-order valence-electron chi connectivity index (χ1n) is 14.5. The third-order valence-electron chi connectivity index (χ3n) is 7.21. The molecule has 2 atom stereocenters. The zero-order chi connectivity index (χ0) is 28.0. The van der Waals surface area contributed by atoms with E-state index in [0.717, 1.165) is 49.7 Å². The van der Waals surface area contributed by atoms with Gasteiger partial charge in [-0.05, 0) is 61.1 Å². The zero-order valence-electron chi connectivity index (χ0n) is 24.8. The highest BCUT2D eigenvalue weighted by Gasteiger charge is 2.31. The van der Waals surface area contributed by atoms with Gasteiger partial charge in [0.1, 0.15) is 0 Å². The van der Waals surface area contributed by atoms with Crippen molar-refractivity contribution in [3.05, 3.63) is 35.4 Å². The largest absolute Gasteiger partial charge is 0.493 e. The normalized spacial score (nSPS) is 16.7. The number of rotatable bonds is 18. The third-order valence-corrected chi connectivity index (χ3v) is 7.21. The standard InChI is InChI=1S/C32H48O7/c1-7-9-11-13-17-37-29-21-23(19-27(33-3)31(29)35-5)25-15-16-26(39-25)24-20-28(34-4)32(36-6)30(22-24)38-18-14-12-10-8-2/h19-22,25-26H,7-18H2,1-6H3/t25-,26+. The lowest BCUT2D eigenvalue weighted by Crippen LogP contribution is -2.06. The second-order valence-electron chi connectivity index (χ2n) is 10.0. The molecule has 0 bridgehead atoms. The first-order chi connectivity index (χ1) is 19.1. The van der Waals surface area contributed by atoms with Gasteiger partial charge in [0.05, 0.1) is 53.9 Å². The highest BCUT2D eigenvalue weighted by molar-refractivity contribution is 5.55. The van der Waals surface area contributed by atoms with Gasteiger partial charge in [0.2, 0.25) is 11.5 Å². The van der Waals surface area contributed by atoms with Crippen LogP contribution in [0.3, 0.4) is 0 Å². The van der Waals surface area contributed by atoms with Crippen molar-refractivity contribution in [2.45, 2.75) is 90.3 Å². The van der Waals surface area contributed by atoms with Gasteiger partial charge in [0, 0.05) is 0 Å². The van der Waals surface area contributed by atoms with E-state index in [1.807, 2.05) is 24.3 Å². The minimum atomic E-state index is -0.0937. The molecule has 0 saturated carbocycles. The van der Waals surface area contributed by atoms with Gasteiger partial charge in [-0.3, -0.25) is 0 Å². The van der Waals surface area contributed by atoms with E-state index in [9.17, 15) is 0 Å². The van der Waals surface area contributed by atoms with Crippen molar-refractivity contribution in [1.82, 2.24) is 0 Å². The Morgan fingerprint density at radius 3 is 1.33 bits per heavy atom. The summed E-state index contributed by atoms with van der Waals surface area (Å²) in [5, 5.41) is 0. The van der Waals surface area contributed by atoms with Crippen molar-refractivity contribution in [3.63, 3.8) is 0 Å². The molecule has 2 aromatic rings. The molecule has 0 N–H and O–H groups in total. The molecular formula is C32H48O7. The number of unbranched alkanes of at least 4 members (excludes halogenated alkanes) is 6. The van der Waals surface area contributed by atoms with E-state index >= 15 is 0 Å². The van der Waals surface area contributed by atoms with Crippen LogP contribution >= 0.6 is 0 Å². The Balaban J connectivity index is 1.78. The number of methoxy groups -OCH3 is 4. The van der Waals surface area contributed by atoms with Crippen LogP contribution in [0.1, 0.15) is 101 Å². The topological polar surface area (TPSA) is 64.6 Å². The van der Waals surface area contributed by atoms with Crippen molar-refractivity contribution in [2.24, 2.45) is 0 Å². The summed E-state index contributed by atoms with van der Waals surface area (Å²) >= 11 is 0. The molecule has 1 fully saturated rings. The van der Waals surface area contributed by atoms with Crippen LogP contribution in [0.2, 0.25) is 0 Å². The first-order valence-corrected chi connectivity index (χ1v) is 14.5. The Kier molecular flexibility index (Phi) is 12.9. The quantitative estimate of drug-likeness (QED) is 0.175. The Morgan fingerprint density at radius 1 is 0.564 bits per heavy atom. The lowest BCUT2D eigenvalue weighted by Gasteiger charge is -2.20. The van der Waals surface area contributed by atoms with E-state index in [0.29, 0.717) is 47.7 Å². The summed E-state index contributed by atoms with van der Waals surface area (Å²) in [6, 6.07) is 8.06. The fourth-order valence-electron chi connectivity index (χ4n) is 5.04. The van der Waals surface area contributed by atoms with Crippen LogP contribution in [-0.2, 0) is 4.74 Å². The van der Waals surface area contributed by atoms with Crippen LogP contribution in [0.5, 0.6) is 34.5 Å². The molecule has 7 nitrogen and oxygen atoms in total. The van der Waals surface area contributed by atoms with E-state index in [1.165, 1.54) is 25.7 Å². The number of hydrogen-bond donors (Lipinski definition) is 0. The lowest BCUT2D eigenvalue weighted by atomic mass is 10.0. The van der Waals surface area contributed by atoms with Gasteiger partial charge in [-0.1, -0.05) is 52.4 Å². The van der Waals surface area contributed by atoms with E-state index in [4.69, 9.17) is 33.2 Å². The van der Waals surface area contributed by atoms with Crippen molar-refractivity contribution in [2.75, 3.05) is 41.7 Å². The predicted octanol–water partition coefficient (Wildman–Crippen LogP) is 8.23. The Bertz CT molecular complexity index is 927. The summed E-state index contributed by atoms with van der Waals surface area (Å²) in [7, 11) is 6.59. The molecule has 1 heterocycles. The molecule has 3 rings (SSSR count). The van der Waals surface area contributed by atoms with Gasteiger partial charge in [-0.25, -0.2) is 0 Å². The van der Waals surface area contributed by atoms with Crippen LogP contribution < -0.4 is 28.4 Å². The van der Waals surface area contributed by atoms with Gasteiger partial charge in [-0.15, -0.1) is 0 Å². The van der Waals surface area contributed by atoms with Crippen molar-refractivity contribution in [1.29, 1.82) is 0 Å². The summed E-state index contributed by atoms with van der Waals surface area (Å²) in [6.07, 6.45) is 10.7. The summed E-state index contributed by atoms with van der Waals surface area (Å²) in [6.45, 7) is 5.70. The minimum absolute atomic E-state index is 0.0937. The molecule has 0 radical (unpaired) electrons. The monoisotopic (exact) mass is 544 g/mol. The average molecular weight is 545 g/mol. The molecule has 1 aliphatic rings. The molecule has 2 aromatic carbocycles. The van der Waals surface area contributed by atoms with Gasteiger partial charge in [-0.2, -0.15) is 0 Å². The second kappa shape index (κ2) is 16.3. The predicted molar refractivity (Wildman–Crippen MR) is 154 cm³/mol. The molecular weight excluding hydrogens is 496 g/mol. The fraction of sp³-hybridized carbons (Fsp3) is 0.625. The van der Waals surface area contributed by atoms with Crippen molar-refractivity contribution < 1.29 is 33.2 Å². The molecule has 0 amide bonds. The Morgan fingerprint density at radius 2 is 0.974 bits per heavy atom. The van der Waals surface area contributed by atoms with Gasteiger partial charge in [0.25, 0.3) is 0 Å². The van der Waals surface area contributed by atoms with E-state index < -0.39 is 0 Å². The minimum Gasteiger partial charge on any atom is -0.493 e. The Labute approximate surface area is 235 Å². The van der Waals surface area contributed by atoms with Gasteiger partial charge in [0.15, 0.2) is 23.0 Å². The molecule has 1 saturated heterocycles. The maximum absolute atomic E-state index is 6.60. The number of benzene rings is 2. The van der Waals surface area contributed by atoms with E-state index in [1.54, 1.807) is 28.4 Å². The van der Waals surface area contributed by atoms with E-state index in [-0.39, 0.29) is 12.2 Å². The fourth-order valence-corrected chi connectivity index (χ4v) is 5.04. The molecule has 1 aliphatic heterocycles. The third kappa shape index (κ3) is 8.34. The molecule has 0 aromatic heterocycles. The van der Waals surface area contributed by atoms with Crippen LogP contribution in [0.15, 0.2) is 24.3 Å². The highest BCUT2D eigenvalue weighted by Crippen LogP contribution is 2.48. The SMILES string of the molecule is CCCCCCOc1cc([C@@H]2CC[C@H](c3cc(OC)c(OC)c(OCCCCCC)c3)O2)cc(OC)c1OC. The maximum atomic E-state index is 6.60. The van der Waals surface area contributed by atoms with Gasteiger partial charge < -0.3 is 33.2 Å². The molecule has 7 heteroatoms. The average Bonchev–Trinajstić information content (AvgIpc) is 3.46. The van der Waals surface area contributed by atoms with Crippen LogP contribution in [0, 0.1) is 0 Å². The van der Waals surface area contributed by atoms with E-state index in [2.05, 4.69) is 13.8 Å². The zero-order valence-corrected chi connectivity index (χ0v) is 24.8. The molecule has 0 unspecified atom stereocenters. The van der Waals surface area contributed by atoms with Crippen LogP contribution in [0.25, 0.3) is 0 Å². The molecule has 218 valence electrons. The summed E-state index contributed by atoms with van der Waals surface area (Å²) < 4.78 is 41.5. The second-order valence-corrected chi connectivity index (χ2v) is 10.0. The van der Waals surface area contributed by atoms with Gasteiger partial charge >= 0.3 is 0 Å². The molecule has 0 aliphatic carbocycles. The van der Waals surface area contributed by atoms with Crippen LogP contribution in [-0.4, -0.2) is 41.7 Å². The summed E-state index contributed by atoms with van der Waals surface area (Å²) in [4.78, 5) is 0. The number of ether oxygens (including phenoxy) is 7. The van der Waals surface area contributed by atoms with Crippen molar-refractivity contribution >= 4 is 0 Å². The first kappa shape index (κ1) is 30.7.